The molecular weight excluding hydrogens is 209 g/mol. The molecule has 1 N–H and O–H groups in total. The van der Waals surface area contributed by atoms with Crippen molar-refractivity contribution in [1.29, 1.82) is 0 Å². The highest BCUT2D eigenvalue weighted by Crippen LogP contribution is 2.21. The summed E-state index contributed by atoms with van der Waals surface area (Å²) in [5.41, 5.74) is -0.150. The molecule has 1 rings (SSSR count). The summed E-state index contributed by atoms with van der Waals surface area (Å²) in [7, 11) is 0. The average molecular weight is 218 g/mol. The zero-order chi connectivity index (χ0) is 11.4. The summed E-state index contributed by atoms with van der Waals surface area (Å²) in [4.78, 5) is 10.2. The Kier molecular flexibility index (Phi) is 3.71. The molecule has 0 amide bonds. The van der Waals surface area contributed by atoms with E-state index in [-0.39, 0.29) is 18.4 Å². The van der Waals surface area contributed by atoms with Gasteiger partial charge in [0.25, 0.3) is 6.43 Å². The molecule has 0 saturated carbocycles. The summed E-state index contributed by atoms with van der Waals surface area (Å²) < 4.78 is 37.3. The quantitative estimate of drug-likeness (QED) is 0.843. The van der Waals surface area contributed by atoms with Crippen LogP contribution in [0.2, 0.25) is 0 Å². The Hall–Kier alpha value is -1.52. The van der Waals surface area contributed by atoms with Crippen molar-refractivity contribution < 1.29 is 23.1 Å². The SMILES string of the molecule is O=C(O)CCc1cc(F)cc(C(F)F)c1. The van der Waals surface area contributed by atoms with Crippen LogP contribution < -0.4 is 0 Å². The lowest BCUT2D eigenvalue weighted by atomic mass is 10.1. The third-order valence-corrected chi connectivity index (χ3v) is 1.86. The molecule has 0 aliphatic carbocycles. The highest BCUT2D eigenvalue weighted by Gasteiger charge is 2.10. The van der Waals surface area contributed by atoms with E-state index in [1.165, 1.54) is 0 Å². The molecule has 0 fully saturated rings. The van der Waals surface area contributed by atoms with Gasteiger partial charge in [-0.1, -0.05) is 0 Å². The first-order chi connectivity index (χ1) is 6.99. The second-order valence-corrected chi connectivity index (χ2v) is 3.09. The molecule has 0 heterocycles. The lowest BCUT2D eigenvalue weighted by molar-refractivity contribution is -0.136. The number of carboxylic acids is 1. The van der Waals surface area contributed by atoms with Crippen LogP contribution in [0.25, 0.3) is 0 Å². The maximum Gasteiger partial charge on any atom is 0.303 e. The summed E-state index contributed by atoms with van der Waals surface area (Å²) in [5.74, 6) is -1.81. The van der Waals surface area contributed by atoms with Gasteiger partial charge in [-0.3, -0.25) is 4.79 Å². The largest absolute Gasteiger partial charge is 0.481 e. The van der Waals surface area contributed by atoms with E-state index in [1.807, 2.05) is 0 Å². The highest BCUT2D eigenvalue weighted by molar-refractivity contribution is 5.67. The minimum atomic E-state index is -2.75. The number of hydrogen-bond acceptors (Lipinski definition) is 1. The maximum atomic E-state index is 12.8. The van der Waals surface area contributed by atoms with Crippen LogP contribution in [0.4, 0.5) is 13.2 Å². The zero-order valence-electron chi connectivity index (χ0n) is 7.71. The smallest absolute Gasteiger partial charge is 0.303 e. The number of hydrogen-bond donors (Lipinski definition) is 1. The zero-order valence-corrected chi connectivity index (χ0v) is 7.71. The molecule has 0 aliphatic heterocycles. The number of carboxylic acid groups (broad SMARTS) is 1. The van der Waals surface area contributed by atoms with E-state index in [1.54, 1.807) is 0 Å². The third kappa shape index (κ3) is 3.61. The van der Waals surface area contributed by atoms with E-state index in [4.69, 9.17) is 5.11 Å². The number of aryl methyl sites for hydroxylation is 1. The Morgan fingerprint density at radius 2 is 2.00 bits per heavy atom. The number of aliphatic carboxylic acids is 1. The minimum absolute atomic E-state index is 0.0484. The fourth-order valence-corrected chi connectivity index (χ4v) is 1.20. The van der Waals surface area contributed by atoms with Gasteiger partial charge in [0, 0.05) is 12.0 Å². The van der Waals surface area contributed by atoms with Gasteiger partial charge in [0.2, 0.25) is 0 Å². The summed E-state index contributed by atoms with van der Waals surface area (Å²) >= 11 is 0. The van der Waals surface area contributed by atoms with E-state index in [2.05, 4.69) is 0 Å². The van der Waals surface area contributed by atoms with E-state index in [0.717, 1.165) is 18.2 Å². The van der Waals surface area contributed by atoms with Crippen molar-refractivity contribution in [2.75, 3.05) is 0 Å². The van der Waals surface area contributed by atoms with Gasteiger partial charge in [0.15, 0.2) is 0 Å². The summed E-state index contributed by atoms with van der Waals surface area (Å²) in [6.45, 7) is 0. The number of carbonyl (C=O) groups is 1. The molecule has 5 heteroatoms. The Balaban J connectivity index is 2.84. The van der Waals surface area contributed by atoms with Crippen LogP contribution in [0.3, 0.4) is 0 Å². The second kappa shape index (κ2) is 4.82. The number of halogens is 3. The molecule has 2 nitrogen and oxygen atoms in total. The number of benzene rings is 1. The summed E-state index contributed by atoms with van der Waals surface area (Å²) in [6, 6.07) is 2.93. The molecule has 0 radical (unpaired) electrons. The molecule has 0 spiro atoms. The van der Waals surface area contributed by atoms with Crippen LogP contribution in [-0.4, -0.2) is 11.1 Å². The third-order valence-electron chi connectivity index (χ3n) is 1.86. The van der Waals surface area contributed by atoms with Crippen molar-refractivity contribution in [3.63, 3.8) is 0 Å². The lowest BCUT2D eigenvalue weighted by Crippen LogP contribution is -1.99. The normalized spacial score (nSPS) is 10.7. The van der Waals surface area contributed by atoms with Gasteiger partial charge in [-0.05, 0) is 30.2 Å². The summed E-state index contributed by atoms with van der Waals surface area (Å²) in [6.07, 6.45) is -2.90. The fraction of sp³-hybridized carbons (Fsp3) is 0.300. The van der Waals surface area contributed by atoms with Crippen molar-refractivity contribution in [2.45, 2.75) is 19.3 Å². The van der Waals surface area contributed by atoms with Crippen LogP contribution in [0, 0.1) is 5.82 Å². The predicted molar refractivity (Wildman–Crippen MR) is 47.3 cm³/mol. The first kappa shape index (κ1) is 11.6. The van der Waals surface area contributed by atoms with Crippen molar-refractivity contribution in [2.24, 2.45) is 0 Å². The second-order valence-electron chi connectivity index (χ2n) is 3.09. The molecular formula is C10H9F3O2. The van der Waals surface area contributed by atoms with Crippen LogP contribution in [0.1, 0.15) is 24.0 Å². The highest BCUT2D eigenvalue weighted by atomic mass is 19.3. The van der Waals surface area contributed by atoms with Crippen molar-refractivity contribution >= 4 is 5.97 Å². The average Bonchev–Trinajstić information content (AvgIpc) is 2.13. The number of alkyl halides is 2. The molecule has 0 unspecified atom stereocenters. The molecule has 0 aromatic heterocycles. The minimum Gasteiger partial charge on any atom is -0.481 e. The maximum absolute atomic E-state index is 12.8. The molecule has 0 aliphatic rings. The van der Waals surface area contributed by atoms with E-state index >= 15 is 0 Å². The van der Waals surface area contributed by atoms with Gasteiger partial charge < -0.3 is 5.11 Å². The van der Waals surface area contributed by atoms with Gasteiger partial charge in [0.05, 0.1) is 0 Å². The molecule has 0 bridgehead atoms. The van der Waals surface area contributed by atoms with Gasteiger partial charge >= 0.3 is 5.97 Å². The molecule has 15 heavy (non-hydrogen) atoms. The standard InChI is InChI=1S/C10H9F3O2/c11-8-4-6(1-2-9(14)15)3-7(5-8)10(12)13/h3-5,10H,1-2H2,(H,14,15). The van der Waals surface area contributed by atoms with Crippen LogP contribution in [0.5, 0.6) is 0 Å². The van der Waals surface area contributed by atoms with Crippen LogP contribution >= 0.6 is 0 Å². The molecule has 1 aromatic carbocycles. The molecule has 0 atom stereocenters. The van der Waals surface area contributed by atoms with Crippen LogP contribution in [-0.2, 0) is 11.2 Å². The van der Waals surface area contributed by atoms with Crippen molar-refractivity contribution in [3.8, 4) is 0 Å². The summed E-state index contributed by atoms with van der Waals surface area (Å²) in [5, 5.41) is 8.38. The monoisotopic (exact) mass is 218 g/mol. The topological polar surface area (TPSA) is 37.3 Å². The van der Waals surface area contributed by atoms with Gasteiger partial charge in [-0.25, -0.2) is 13.2 Å². The molecule has 1 aromatic rings. The Bertz CT molecular complexity index is 364. The van der Waals surface area contributed by atoms with E-state index < -0.39 is 23.8 Å². The first-order valence-electron chi connectivity index (χ1n) is 4.28. The van der Waals surface area contributed by atoms with Crippen molar-refractivity contribution in [1.82, 2.24) is 0 Å². The van der Waals surface area contributed by atoms with Gasteiger partial charge in [0.1, 0.15) is 5.82 Å². The number of rotatable bonds is 4. The predicted octanol–water partition coefficient (Wildman–Crippen LogP) is 2.78. The van der Waals surface area contributed by atoms with Crippen LogP contribution in [0.15, 0.2) is 18.2 Å². The molecule has 0 saturated heterocycles. The van der Waals surface area contributed by atoms with Gasteiger partial charge in [-0.2, -0.15) is 0 Å². The Labute approximate surface area is 84.3 Å². The first-order valence-corrected chi connectivity index (χ1v) is 4.28. The van der Waals surface area contributed by atoms with Gasteiger partial charge in [-0.15, -0.1) is 0 Å². The Morgan fingerprint density at radius 3 is 2.53 bits per heavy atom. The van der Waals surface area contributed by atoms with Crippen molar-refractivity contribution in [3.05, 3.63) is 35.1 Å². The lowest BCUT2D eigenvalue weighted by Gasteiger charge is -2.04. The Morgan fingerprint density at radius 1 is 1.33 bits per heavy atom. The fourth-order valence-electron chi connectivity index (χ4n) is 1.20. The van der Waals surface area contributed by atoms with E-state index in [9.17, 15) is 18.0 Å². The molecule has 82 valence electrons. The van der Waals surface area contributed by atoms with E-state index in [0.29, 0.717) is 0 Å².